The highest BCUT2D eigenvalue weighted by Gasteiger charge is 2.23. The molecule has 17 heavy (non-hydrogen) atoms. The molecule has 2 rings (SSSR count). The lowest BCUT2D eigenvalue weighted by molar-refractivity contribution is 0.281. The Morgan fingerprint density at radius 1 is 1.06 bits per heavy atom. The van der Waals surface area contributed by atoms with Crippen LogP contribution in [0, 0.1) is 11.8 Å². The maximum atomic E-state index is 3.67. The summed E-state index contributed by atoms with van der Waals surface area (Å²) in [5.41, 5.74) is 1.21. The van der Waals surface area contributed by atoms with Gasteiger partial charge in [0.1, 0.15) is 0 Å². The Morgan fingerprint density at radius 2 is 1.71 bits per heavy atom. The highest BCUT2D eigenvalue weighted by molar-refractivity contribution is 9.11. The van der Waals surface area contributed by atoms with Gasteiger partial charge in [-0.3, -0.25) is 0 Å². The summed E-state index contributed by atoms with van der Waals surface area (Å²) in [5, 5.41) is 3.67. The van der Waals surface area contributed by atoms with Crippen LogP contribution in [0.25, 0.3) is 0 Å². The number of nitrogens with one attached hydrogen (secondary N) is 1. The van der Waals surface area contributed by atoms with Crippen LogP contribution in [0.3, 0.4) is 0 Å². The average molecular weight is 361 g/mol. The van der Waals surface area contributed by atoms with E-state index >= 15 is 0 Å². The van der Waals surface area contributed by atoms with E-state index in [1.54, 1.807) is 0 Å². The van der Waals surface area contributed by atoms with Gasteiger partial charge in [0.25, 0.3) is 0 Å². The molecule has 1 nitrogen and oxygen atoms in total. The van der Waals surface area contributed by atoms with Gasteiger partial charge in [0, 0.05) is 20.7 Å². The molecule has 0 spiro atoms. The van der Waals surface area contributed by atoms with Crippen LogP contribution in [0.15, 0.2) is 27.1 Å². The minimum Gasteiger partial charge on any atom is -0.381 e. The smallest absolute Gasteiger partial charge is 0.0487 e. The fourth-order valence-corrected chi connectivity index (χ4v) is 4.05. The molecule has 0 saturated heterocycles. The van der Waals surface area contributed by atoms with E-state index in [4.69, 9.17) is 0 Å². The molecule has 1 fully saturated rings. The molecule has 1 N–H and O–H groups in total. The second-order valence-electron chi connectivity index (χ2n) is 5.38. The topological polar surface area (TPSA) is 12.0 Å². The van der Waals surface area contributed by atoms with E-state index in [1.165, 1.54) is 24.9 Å². The molecule has 0 aliphatic heterocycles. The summed E-state index contributed by atoms with van der Waals surface area (Å²) in [6.07, 6.45) is 3.94. The summed E-state index contributed by atoms with van der Waals surface area (Å²) in [7, 11) is 0. The molecule has 94 valence electrons. The normalized spacial score (nSPS) is 29.1. The van der Waals surface area contributed by atoms with Gasteiger partial charge in [-0.15, -0.1) is 0 Å². The largest absolute Gasteiger partial charge is 0.381 e. The Hall–Kier alpha value is -0.0200. The van der Waals surface area contributed by atoms with Gasteiger partial charge in [-0.05, 0) is 65.2 Å². The van der Waals surface area contributed by atoms with Crippen molar-refractivity contribution in [1.82, 2.24) is 0 Å². The molecule has 0 heterocycles. The second kappa shape index (κ2) is 5.75. The van der Waals surface area contributed by atoms with Gasteiger partial charge < -0.3 is 5.32 Å². The van der Waals surface area contributed by atoms with E-state index in [-0.39, 0.29) is 0 Å². The van der Waals surface area contributed by atoms with Crippen LogP contribution in [0.5, 0.6) is 0 Å². The van der Waals surface area contributed by atoms with Crippen LogP contribution < -0.4 is 5.32 Å². The van der Waals surface area contributed by atoms with Crippen molar-refractivity contribution in [3.8, 4) is 0 Å². The van der Waals surface area contributed by atoms with Crippen LogP contribution in [0.2, 0.25) is 0 Å². The SMILES string of the molecule is CC1CC(C)CC(Nc2ccc(Br)cc2Br)C1. The number of hydrogen-bond acceptors (Lipinski definition) is 1. The van der Waals surface area contributed by atoms with Crippen LogP contribution in [0.1, 0.15) is 33.1 Å². The number of anilines is 1. The first-order valence-corrected chi connectivity index (χ1v) is 7.84. The summed E-state index contributed by atoms with van der Waals surface area (Å²) in [4.78, 5) is 0. The van der Waals surface area contributed by atoms with Crippen molar-refractivity contribution in [1.29, 1.82) is 0 Å². The maximum Gasteiger partial charge on any atom is 0.0487 e. The van der Waals surface area contributed by atoms with E-state index in [1.807, 2.05) is 0 Å². The van der Waals surface area contributed by atoms with E-state index in [2.05, 4.69) is 69.2 Å². The third kappa shape index (κ3) is 3.72. The third-order valence-electron chi connectivity index (χ3n) is 3.47. The molecular formula is C14H19Br2N. The monoisotopic (exact) mass is 359 g/mol. The first kappa shape index (κ1) is 13.4. The van der Waals surface area contributed by atoms with Gasteiger partial charge in [-0.1, -0.05) is 29.8 Å². The predicted molar refractivity (Wildman–Crippen MR) is 81.4 cm³/mol. The van der Waals surface area contributed by atoms with Crippen molar-refractivity contribution in [3.05, 3.63) is 27.1 Å². The summed E-state index contributed by atoms with van der Waals surface area (Å²) >= 11 is 7.09. The lowest BCUT2D eigenvalue weighted by Crippen LogP contribution is -2.30. The summed E-state index contributed by atoms with van der Waals surface area (Å²) in [6, 6.07) is 6.94. The standard InChI is InChI=1S/C14H19Br2N/c1-9-5-10(2)7-12(6-9)17-14-4-3-11(15)8-13(14)16/h3-4,8-10,12,17H,5-7H2,1-2H3. The lowest BCUT2D eigenvalue weighted by atomic mass is 9.80. The molecule has 2 unspecified atom stereocenters. The van der Waals surface area contributed by atoms with Crippen molar-refractivity contribution in [3.63, 3.8) is 0 Å². The van der Waals surface area contributed by atoms with Crippen LogP contribution in [0.4, 0.5) is 5.69 Å². The first-order chi connectivity index (χ1) is 8.04. The molecule has 1 aromatic carbocycles. The molecule has 1 aliphatic rings. The first-order valence-electron chi connectivity index (χ1n) is 6.26. The van der Waals surface area contributed by atoms with Crippen molar-refractivity contribution in [2.45, 2.75) is 39.2 Å². The van der Waals surface area contributed by atoms with E-state index in [9.17, 15) is 0 Å². The lowest BCUT2D eigenvalue weighted by Gasteiger charge is -2.32. The Balaban J connectivity index is 2.04. The van der Waals surface area contributed by atoms with E-state index < -0.39 is 0 Å². The van der Waals surface area contributed by atoms with Crippen LogP contribution in [-0.2, 0) is 0 Å². The Morgan fingerprint density at radius 3 is 2.29 bits per heavy atom. The zero-order valence-corrected chi connectivity index (χ0v) is 13.5. The fraction of sp³-hybridized carbons (Fsp3) is 0.571. The van der Waals surface area contributed by atoms with E-state index in [0.29, 0.717) is 6.04 Å². The van der Waals surface area contributed by atoms with Crippen molar-refractivity contribution in [2.75, 3.05) is 5.32 Å². The van der Waals surface area contributed by atoms with E-state index in [0.717, 1.165) is 20.8 Å². The summed E-state index contributed by atoms with van der Waals surface area (Å²) in [5.74, 6) is 1.68. The fourth-order valence-electron chi connectivity index (χ4n) is 2.89. The molecule has 0 bridgehead atoms. The highest BCUT2D eigenvalue weighted by Crippen LogP contribution is 2.33. The van der Waals surface area contributed by atoms with Crippen molar-refractivity contribution < 1.29 is 0 Å². The predicted octanol–water partition coefficient (Wildman–Crippen LogP) is 5.45. The minimum atomic E-state index is 0.617. The second-order valence-corrected chi connectivity index (χ2v) is 7.15. The average Bonchev–Trinajstić information content (AvgIpc) is 2.21. The summed E-state index contributed by atoms with van der Waals surface area (Å²) < 4.78 is 2.25. The van der Waals surface area contributed by atoms with Crippen LogP contribution >= 0.6 is 31.9 Å². The number of hydrogen-bond donors (Lipinski definition) is 1. The molecule has 1 saturated carbocycles. The van der Waals surface area contributed by atoms with Gasteiger partial charge in [-0.25, -0.2) is 0 Å². The minimum absolute atomic E-state index is 0.617. The van der Waals surface area contributed by atoms with Crippen molar-refractivity contribution in [2.24, 2.45) is 11.8 Å². The zero-order valence-electron chi connectivity index (χ0n) is 10.3. The van der Waals surface area contributed by atoms with Gasteiger partial charge >= 0.3 is 0 Å². The quantitative estimate of drug-likeness (QED) is 0.739. The Kier molecular flexibility index (Phi) is 4.53. The molecule has 1 aromatic rings. The molecule has 3 heteroatoms. The highest BCUT2D eigenvalue weighted by atomic mass is 79.9. The van der Waals surface area contributed by atoms with Gasteiger partial charge in [-0.2, -0.15) is 0 Å². The Bertz CT molecular complexity index is 382. The molecule has 1 aliphatic carbocycles. The van der Waals surface area contributed by atoms with Gasteiger partial charge in [0.05, 0.1) is 0 Å². The van der Waals surface area contributed by atoms with Crippen LogP contribution in [-0.4, -0.2) is 6.04 Å². The summed E-state index contributed by atoms with van der Waals surface area (Å²) in [6.45, 7) is 4.72. The third-order valence-corrected chi connectivity index (χ3v) is 4.62. The van der Waals surface area contributed by atoms with Gasteiger partial charge in [0.2, 0.25) is 0 Å². The Labute approximate surface area is 121 Å². The molecular weight excluding hydrogens is 342 g/mol. The van der Waals surface area contributed by atoms with Crippen molar-refractivity contribution >= 4 is 37.5 Å². The molecule has 2 atom stereocenters. The maximum absolute atomic E-state index is 3.67. The molecule has 0 amide bonds. The number of rotatable bonds is 2. The molecule has 0 radical (unpaired) electrons. The van der Waals surface area contributed by atoms with Gasteiger partial charge in [0.15, 0.2) is 0 Å². The zero-order chi connectivity index (χ0) is 12.4. The molecule has 0 aromatic heterocycles. The number of halogens is 2. The number of benzene rings is 1.